The Kier molecular flexibility index (Phi) is 19.4. The van der Waals surface area contributed by atoms with Gasteiger partial charge in [0.1, 0.15) is 42.7 Å². The maximum absolute atomic E-state index is 15.3. The molecule has 2 aliphatic carbocycles. The average molecular weight is 1090 g/mol. The number of aliphatic hydroxyl groups is 7. The van der Waals surface area contributed by atoms with Gasteiger partial charge in [0.15, 0.2) is 24.3 Å². The van der Waals surface area contributed by atoms with E-state index in [2.05, 4.69) is 32.5 Å². The van der Waals surface area contributed by atoms with Gasteiger partial charge in [-0.25, -0.2) is 9.59 Å². The van der Waals surface area contributed by atoms with Gasteiger partial charge in [-0.1, -0.05) is 45.1 Å². The zero-order valence-electron chi connectivity index (χ0n) is 42.3. The van der Waals surface area contributed by atoms with Gasteiger partial charge in [0.05, 0.1) is 48.0 Å². The van der Waals surface area contributed by atoms with Crippen molar-refractivity contribution >= 4 is 45.4 Å². The number of aliphatic carboxylic acids is 1. The zero-order chi connectivity index (χ0) is 53.6. The molecule has 8 rings (SSSR count). The first-order valence-electron chi connectivity index (χ1n) is 26.0. The first-order valence-corrected chi connectivity index (χ1v) is 28.4. The van der Waals surface area contributed by atoms with E-state index in [0.29, 0.717) is 73.3 Å². The molecule has 8 aliphatic rings. The fourth-order valence-electron chi connectivity index (χ4n) is 11.5. The smallest absolute Gasteiger partial charge is 0.343 e. The summed E-state index contributed by atoms with van der Waals surface area (Å²) in [7, 11) is 3.06. The lowest BCUT2D eigenvalue weighted by Crippen LogP contribution is -3.14. The van der Waals surface area contributed by atoms with Crippen LogP contribution in [0.1, 0.15) is 71.6 Å². The van der Waals surface area contributed by atoms with Crippen molar-refractivity contribution in [2.45, 2.75) is 138 Å². The van der Waals surface area contributed by atoms with Crippen LogP contribution in [-0.4, -0.2) is 183 Å². The lowest BCUT2D eigenvalue weighted by molar-refractivity contribution is -0.870. The van der Waals surface area contributed by atoms with Crippen LogP contribution in [-0.2, 0) is 33.3 Å². The van der Waals surface area contributed by atoms with E-state index in [-0.39, 0.29) is 79.6 Å². The molecule has 75 heavy (non-hydrogen) atoms. The summed E-state index contributed by atoms with van der Waals surface area (Å²) in [5.74, 6) is -0.256. The number of hydrogen-bond acceptors (Lipinski definition) is 20. The van der Waals surface area contributed by atoms with E-state index in [1.54, 1.807) is 26.1 Å². The number of esters is 1. The van der Waals surface area contributed by atoms with E-state index in [1.807, 2.05) is 6.08 Å². The molecule has 414 valence electrons. The van der Waals surface area contributed by atoms with Crippen molar-refractivity contribution in [3.8, 4) is 11.8 Å². The van der Waals surface area contributed by atoms with Crippen LogP contribution in [0.4, 0.5) is 0 Å². The van der Waals surface area contributed by atoms with Crippen LogP contribution in [0.15, 0.2) is 68.2 Å². The summed E-state index contributed by atoms with van der Waals surface area (Å²) in [4.78, 5) is 38.1. The molecule has 4 bridgehead atoms. The number of carbonyl (C=O) groups is 2. The molecule has 1 saturated heterocycles. The molecule has 0 radical (unpaired) electrons. The Bertz CT molecular complexity index is 2360. The number of aliphatic hydroxyl groups excluding tert-OH is 5. The molecule has 6 aliphatic heterocycles. The number of fused-ring (bicyclic) bond motifs is 8. The van der Waals surface area contributed by atoms with E-state index >= 15 is 4.79 Å². The standard InChI is InChI=1S/C51H73N7O15S2/c1-26(2)70-44-48(72-39(23-62)43(63)51(44,67)68)73-47-33(16-27-6-3-4-7-27)40-28-8-9-29(18-32-12-14-55-49(52)56-32)42(75-74-25-36-30(21-60)10-11-38(36)71-46(66)35(40)24-69-47)37(22-61)58-19-31(17-28)41(34(20-58)45(64)65)57-50(53)54-13-5-15-59/h16-17,20,24,26,29-30,32-33,36-40,42-44,47-48,59-63,67-68H,3-7,10-15,18-19,21-23,25H2,1-2H3,(H,64,65)(H3,52,55,56)(H3,53,54,57)/p+1/b28-17+/t29-,30+,32+,33+,36+,37-,38+,39+,40-,42-,43+,44-,47-,48-/m0/s1. The summed E-state index contributed by atoms with van der Waals surface area (Å²) in [5, 5.41) is 93.0. The molecular weight excluding hydrogens is 1010 g/mol. The van der Waals surface area contributed by atoms with Crippen molar-refractivity contribution in [2.24, 2.45) is 51.0 Å². The van der Waals surface area contributed by atoms with Gasteiger partial charge in [0, 0.05) is 67.0 Å². The number of ether oxygens (including phenoxy) is 5. The highest BCUT2D eigenvalue weighted by Gasteiger charge is 2.58. The van der Waals surface area contributed by atoms with Gasteiger partial charge in [0.2, 0.25) is 12.1 Å². The minimum Gasteiger partial charge on any atom is -0.477 e. The number of carboxylic acids is 1. The topological polar surface area (TPSA) is 347 Å². The first-order chi connectivity index (χ1) is 36.0. The third kappa shape index (κ3) is 13.1. The second kappa shape index (κ2) is 25.5. The van der Waals surface area contributed by atoms with Crippen LogP contribution in [0, 0.1) is 41.4 Å². The van der Waals surface area contributed by atoms with Gasteiger partial charge in [-0.3, -0.25) is 14.9 Å². The second-order valence-electron chi connectivity index (χ2n) is 20.7. The number of aliphatic imine (C=N–C) groups is 2. The Balaban J connectivity index is 1.38. The predicted octanol–water partition coefficient (Wildman–Crippen LogP) is -1.38. The van der Waals surface area contributed by atoms with E-state index in [9.17, 15) is 45.6 Å². The molecule has 0 aromatic carbocycles. The second-order valence-corrected chi connectivity index (χ2v) is 23.3. The maximum atomic E-state index is 15.3. The monoisotopic (exact) mass is 1090 g/mol. The highest BCUT2D eigenvalue weighted by Crippen LogP contribution is 2.47. The van der Waals surface area contributed by atoms with Crippen LogP contribution >= 0.6 is 21.6 Å². The van der Waals surface area contributed by atoms with Gasteiger partial charge >= 0.3 is 11.9 Å². The van der Waals surface area contributed by atoms with Gasteiger partial charge in [-0.05, 0) is 83.6 Å². The highest BCUT2D eigenvalue weighted by atomic mass is 33.1. The number of carboxylic acid groups (broad SMARTS) is 1. The quantitative estimate of drug-likeness (QED) is 0.0131. The Hall–Kier alpha value is -4.20. The normalized spacial score (nSPS) is 36.7. The molecule has 22 nitrogen and oxygen atoms in total. The molecule has 3 fully saturated rings. The summed E-state index contributed by atoms with van der Waals surface area (Å²) in [6.07, 6.45) is 2.50. The Morgan fingerprint density at radius 1 is 1.13 bits per heavy atom. The number of guanidine groups is 2. The molecule has 0 aromatic heterocycles. The number of rotatable bonds is 15. The van der Waals surface area contributed by atoms with Crippen LogP contribution in [0.5, 0.6) is 0 Å². The Morgan fingerprint density at radius 2 is 1.92 bits per heavy atom. The van der Waals surface area contributed by atoms with Crippen molar-refractivity contribution in [2.75, 3.05) is 51.8 Å². The number of quaternary nitrogens is 1. The van der Waals surface area contributed by atoms with Crippen LogP contribution in [0.3, 0.4) is 0 Å². The lowest BCUT2D eigenvalue weighted by Gasteiger charge is -2.48. The summed E-state index contributed by atoms with van der Waals surface area (Å²) >= 11 is 0. The van der Waals surface area contributed by atoms with Crippen LogP contribution < -0.4 is 27.0 Å². The first kappa shape index (κ1) is 57.0. The Morgan fingerprint density at radius 3 is 2.61 bits per heavy atom. The van der Waals surface area contributed by atoms with E-state index in [1.165, 1.54) is 27.8 Å². The largest absolute Gasteiger partial charge is 0.477 e. The summed E-state index contributed by atoms with van der Waals surface area (Å²) in [6, 6.07) is -0.818. The molecule has 15 atom stereocenters. The average Bonchev–Trinajstić information content (AvgIpc) is 4.04. The SMILES string of the molecule is CC(C)O[C@H]1[C@H](O[C@@H]2OC=C3C(=O)O[C@@H]4CC[C@H](CO)[C@H]4CSS[C@H]4[C@H](C[C@H]5CCN=C(N)N5)C#C/C(=C\C5=C(NC(N)=NCCCO)C(C(=O)O)=C[NH+](C5)[C@H]4CO)[C@H]3[C@H]2C=C2CCCC2)O[C@H](CO)[C@@H](O)C1(O)O. The minimum atomic E-state index is -2.99. The zero-order valence-corrected chi connectivity index (χ0v) is 43.9. The molecule has 0 spiro atoms. The molecule has 1 unspecified atom stereocenters. The third-order valence-corrected chi connectivity index (χ3v) is 18.3. The lowest BCUT2D eigenvalue weighted by atomic mass is 9.76. The summed E-state index contributed by atoms with van der Waals surface area (Å²) in [6.45, 7) is 2.55. The van der Waals surface area contributed by atoms with Crippen molar-refractivity contribution in [3.05, 3.63) is 58.2 Å². The van der Waals surface area contributed by atoms with E-state index in [0.717, 1.165) is 18.4 Å². The van der Waals surface area contributed by atoms with Gasteiger partial charge in [-0.2, -0.15) is 0 Å². The van der Waals surface area contributed by atoms with E-state index < -0.39 is 96.5 Å². The van der Waals surface area contributed by atoms with Gasteiger partial charge < -0.3 is 86.6 Å². The van der Waals surface area contributed by atoms with Crippen LogP contribution in [0.25, 0.3) is 0 Å². The van der Waals surface area contributed by atoms with Crippen molar-refractivity contribution < 1.29 is 79.0 Å². The highest BCUT2D eigenvalue weighted by molar-refractivity contribution is 8.77. The number of hydrogen-bond donors (Lipinski definition) is 13. The minimum absolute atomic E-state index is 0.0490. The molecule has 24 heteroatoms. The van der Waals surface area contributed by atoms with Crippen molar-refractivity contribution in [1.29, 1.82) is 0 Å². The van der Waals surface area contributed by atoms with Crippen molar-refractivity contribution in [3.63, 3.8) is 0 Å². The molecule has 0 amide bonds. The summed E-state index contributed by atoms with van der Waals surface area (Å²) in [5.41, 5.74) is 14.4. The number of nitrogens with zero attached hydrogens (tertiary/aromatic N) is 2. The predicted molar refractivity (Wildman–Crippen MR) is 276 cm³/mol. The molecule has 2 saturated carbocycles. The number of nitrogens with two attached hydrogens (primary N) is 2. The van der Waals surface area contributed by atoms with E-state index in [4.69, 9.17) is 35.2 Å². The third-order valence-electron chi connectivity index (χ3n) is 15.3. The number of nitrogens with one attached hydrogen (secondary N) is 3. The fraction of sp³-hybridized carbons (Fsp3) is 0.686. The summed E-state index contributed by atoms with van der Waals surface area (Å²) < 4.78 is 31.7. The number of allylic oxidation sites excluding steroid dienone is 2. The maximum Gasteiger partial charge on any atom is 0.343 e. The molecule has 6 heterocycles. The number of carbonyl (C=O) groups excluding carboxylic acids is 1. The van der Waals surface area contributed by atoms with Crippen LogP contribution in [0.2, 0.25) is 0 Å². The van der Waals surface area contributed by atoms with Gasteiger partial charge in [0.25, 0.3) is 0 Å². The molecular formula is C51H74N7O15S2+. The van der Waals surface area contributed by atoms with Gasteiger partial charge in [-0.15, -0.1) is 0 Å². The van der Waals surface area contributed by atoms with Crippen molar-refractivity contribution in [1.82, 2.24) is 10.6 Å². The molecule has 15 N–H and O–H groups in total. The Labute approximate surface area is 444 Å². The molecule has 0 aromatic rings. The fourth-order valence-corrected chi connectivity index (χ4v) is 15.0.